The largest absolute Gasteiger partial charge is 0.468 e. The second kappa shape index (κ2) is 6.64. The minimum Gasteiger partial charge on any atom is -0.468 e. The summed E-state index contributed by atoms with van der Waals surface area (Å²) in [6, 6.07) is 2.05. The third kappa shape index (κ3) is 3.68. The molecule has 0 spiro atoms. The first kappa shape index (κ1) is 12.3. The number of furan rings is 1. The van der Waals surface area contributed by atoms with Crippen molar-refractivity contribution in [2.24, 2.45) is 0 Å². The molecule has 1 rings (SSSR count). The Bertz CT molecular complexity index is 270. The summed E-state index contributed by atoms with van der Waals surface area (Å²) in [4.78, 5) is 2.40. The summed E-state index contributed by atoms with van der Waals surface area (Å²) in [5.41, 5.74) is 1.27. The van der Waals surface area contributed by atoms with E-state index in [0.717, 1.165) is 31.9 Å². The van der Waals surface area contributed by atoms with E-state index in [1.54, 1.807) is 6.26 Å². The van der Waals surface area contributed by atoms with Crippen molar-refractivity contribution in [2.45, 2.75) is 33.4 Å². The van der Waals surface area contributed by atoms with E-state index >= 15 is 0 Å². The van der Waals surface area contributed by atoms with Gasteiger partial charge in [-0.1, -0.05) is 13.8 Å². The Hall–Kier alpha value is -0.800. The van der Waals surface area contributed by atoms with E-state index in [4.69, 9.17) is 4.42 Å². The summed E-state index contributed by atoms with van der Waals surface area (Å²) in [6.07, 6.45) is 2.97. The van der Waals surface area contributed by atoms with E-state index < -0.39 is 0 Å². The zero-order chi connectivity index (χ0) is 11.1. The average Bonchev–Trinajstić information content (AvgIpc) is 2.66. The predicted octanol–water partition coefficient (Wildman–Crippen LogP) is 2.23. The first-order chi connectivity index (χ1) is 7.31. The third-order valence-corrected chi connectivity index (χ3v) is 2.56. The standard InChI is InChI=1S/C12H22N2O/c1-4-7-14(5-2)10-12-11(9-13-3)6-8-15-12/h6,8,13H,4-5,7,9-10H2,1-3H3. The molecule has 0 atom stereocenters. The van der Waals surface area contributed by atoms with Crippen LogP contribution in [0.15, 0.2) is 16.7 Å². The van der Waals surface area contributed by atoms with Crippen LogP contribution < -0.4 is 5.32 Å². The number of hydrogen-bond acceptors (Lipinski definition) is 3. The summed E-state index contributed by atoms with van der Waals surface area (Å²) in [7, 11) is 1.96. The SMILES string of the molecule is CCCN(CC)Cc1occc1CNC. The Balaban J connectivity index is 2.57. The normalized spacial score (nSPS) is 11.2. The highest BCUT2D eigenvalue weighted by molar-refractivity contribution is 5.16. The Kier molecular flexibility index (Phi) is 5.43. The van der Waals surface area contributed by atoms with Crippen molar-refractivity contribution in [2.75, 3.05) is 20.1 Å². The smallest absolute Gasteiger partial charge is 0.122 e. The molecule has 0 unspecified atom stereocenters. The molecule has 0 radical (unpaired) electrons. The molecule has 1 aromatic heterocycles. The van der Waals surface area contributed by atoms with Gasteiger partial charge in [0.2, 0.25) is 0 Å². The van der Waals surface area contributed by atoms with Crippen molar-refractivity contribution in [1.82, 2.24) is 10.2 Å². The van der Waals surface area contributed by atoms with E-state index in [2.05, 4.69) is 24.1 Å². The van der Waals surface area contributed by atoms with Crippen LogP contribution in [0, 0.1) is 0 Å². The van der Waals surface area contributed by atoms with Gasteiger partial charge < -0.3 is 9.73 Å². The van der Waals surface area contributed by atoms with E-state index in [-0.39, 0.29) is 0 Å². The van der Waals surface area contributed by atoms with E-state index in [1.165, 1.54) is 12.0 Å². The molecular weight excluding hydrogens is 188 g/mol. The van der Waals surface area contributed by atoms with Gasteiger partial charge in [0.15, 0.2) is 0 Å². The van der Waals surface area contributed by atoms with Crippen LogP contribution in [0.2, 0.25) is 0 Å². The quantitative estimate of drug-likeness (QED) is 0.748. The molecule has 1 heterocycles. The molecule has 0 bridgehead atoms. The van der Waals surface area contributed by atoms with Gasteiger partial charge in [-0.25, -0.2) is 0 Å². The van der Waals surface area contributed by atoms with E-state index in [9.17, 15) is 0 Å². The molecule has 0 fully saturated rings. The molecule has 1 aromatic rings. The lowest BCUT2D eigenvalue weighted by Gasteiger charge is -2.18. The van der Waals surface area contributed by atoms with Gasteiger partial charge in [0.1, 0.15) is 5.76 Å². The summed E-state index contributed by atoms with van der Waals surface area (Å²) >= 11 is 0. The Labute approximate surface area is 92.5 Å². The molecule has 0 aliphatic heterocycles. The van der Waals surface area contributed by atoms with Gasteiger partial charge in [-0.15, -0.1) is 0 Å². The fraction of sp³-hybridized carbons (Fsp3) is 0.667. The molecule has 0 aromatic carbocycles. The minimum absolute atomic E-state index is 0.884. The number of hydrogen-bond donors (Lipinski definition) is 1. The minimum atomic E-state index is 0.884. The summed E-state index contributed by atoms with van der Waals surface area (Å²) < 4.78 is 5.51. The van der Waals surface area contributed by atoms with Gasteiger partial charge in [-0.2, -0.15) is 0 Å². The van der Waals surface area contributed by atoms with Gasteiger partial charge in [-0.3, -0.25) is 4.90 Å². The highest BCUT2D eigenvalue weighted by Gasteiger charge is 2.09. The molecule has 0 aliphatic rings. The van der Waals surface area contributed by atoms with Gasteiger partial charge in [0, 0.05) is 12.1 Å². The van der Waals surface area contributed by atoms with Crippen LogP contribution in [-0.2, 0) is 13.1 Å². The molecule has 1 N–H and O–H groups in total. The topological polar surface area (TPSA) is 28.4 Å². The van der Waals surface area contributed by atoms with Crippen LogP contribution in [0.5, 0.6) is 0 Å². The third-order valence-electron chi connectivity index (χ3n) is 2.56. The highest BCUT2D eigenvalue weighted by atomic mass is 16.3. The molecule has 0 saturated heterocycles. The highest BCUT2D eigenvalue weighted by Crippen LogP contribution is 2.13. The first-order valence-electron chi connectivity index (χ1n) is 5.74. The number of nitrogens with one attached hydrogen (secondary N) is 1. The van der Waals surface area contributed by atoms with Crippen molar-refractivity contribution in [3.8, 4) is 0 Å². The van der Waals surface area contributed by atoms with Gasteiger partial charge >= 0.3 is 0 Å². The molecule has 3 nitrogen and oxygen atoms in total. The summed E-state index contributed by atoms with van der Waals surface area (Å²) in [5, 5.41) is 3.16. The van der Waals surface area contributed by atoms with E-state index in [0.29, 0.717) is 0 Å². The van der Waals surface area contributed by atoms with Gasteiger partial charge in [0.05, 0.1) is 12.8 Å². The zero-order valence-corrected chi connectivity index (χ0v) is 10.0. The maximum absolute atomic E-state index is 5.51. The lowest BCUT2D eigenvalue weighted by Crippen LogP contribution is -2.24. The Morgan fingerprint density at radius 2 is 2.20 bits per heavy atom. The fourth-order valence-electron chi connectivity index (χ4n) is 1.72. The van der Waals surface area contributed by atoms with Gasteiger partial charge in [0.25, 0.3) is 0 Å². The maximum Gasteiger partial charge on any atom is 0.122 e. The van der Waals surface area contributed by atoms with Gasteiger partial charge in [-0.05, 0) is 32.6 Å². The van der Waals surface area contributed by atoms with Crippen LogP contribution >= 0.6 is 0 Å². The van der Waals surface area contributed by atoms with Crippen LogP contribution in [0.4, 0.5) is 0 Å². The lowest BCUT2D eigenvalue weighted by molar-refractivity contribution is 0.255. The Morgan fingerprint density at radius 3 is 2.80 bits per heavy atom. The average molecular weight is 210 g/mol. The molecule has 0 amide bonds. The first-order valence-corrected chi connectivity index (χ1v) is 5.74. The van der Waals surface area contributed by atoms with Crippen LogP contribution in [0.1, 0.15) is 31.6 Å². The summed E-state index contributed by atoms with van der Waals surface area (Å²) in [5.74, 6) is 1.10. The van der Waals surface area contributed by atoms with Crippen LogP contribution in [-0.4, -0.2) is 25.0 Å². The lowest BCUT2D eigenvalue weighted by atomic mass is 10.2. The van der Waals surface area contributed by atoms with Crippen LogP contribution in [0.3, 0.4) is 0 Å². The molecule has 0 saturated carbocycles. The zero-order valence-electron chi connectivity index (χ0n) is 10.0. The predicted molar refractivity (Wildman–Crippen MR) is 62.7 cm³/mol. The molecule has 15 heavy (non-hydrogen) atoms. The fourth-order valence-corrected chi connectivity index (χ4v) is 1.72. The van der Waals surface area contributed by atoms with Crippen molar-refractivity contribution < 1.29 is 4.42 Å². The number of rotatable bonds is 7. The maximum atomic E-state index is 5.51. The Morgan fingerprint density at radius 1 is 1.40 bits per heavy atom. The summed E-state index contributed by atoms with van der Waals surface area (Å²) in [6.45, 7) is 8.42. The molecule has 86 valence electrons. The second-order valence-corrected chi connectivity index (χ2v) is 3.77. The van der Waals surface area contributed by atoms with Crippen molar-refractivity contribution >= 4 is 0 Å². The molecule has 3 heteroatoms. The van der Waals surface area contributed by atoms with Crippen molar-refractivity contribution in [3.05, 3.63) is 23.7 Å². The molecular formula is C12H22N2O. The monoisotopic (exact) mass is 210 g/mol. The van der Waals surface area contributed by atoms with Crippen molar-refractivity contribution in [1.29, 1.82) is 0 Å². The number of nitrogens with zero attached hydrogens (tertiary/aromatic N) is 1. The van der Waals surface area contributed by atoms with Crippen molar-refractivity contribution in [3.63, 3.8) is 0 Å². The van der Waals surface area contributed by atoms with Crippen LogP contribution in [0.25, 0.3) is 0 Å². The second-order valence-electron chi connectivity index (χ2n) is 3.77. The van der Waals surface area contributed by atoms with E-state index in [1.807, 2.05) is 13.1 Å². The molecule has 0 aliphatic carbocycles.